The maximum Gasteiger partial charge on any atom is 0.257 e. The summed E-state index contributed by atoms with van der Waals surface area (Å²) in [5.74, 6) is 0.347. The zero-order valence-corrected chi connectivity index (χ0v) is 10.4. The minimum absolute atomic E-state index is 0.150. The number of carbonyl (C=O) groups is 1. The molecule has 0 saturated carbocycles. The van der Waals surface area contributed by atoms with Crippen molar-refractivity contribution in [3.8, 4) is 0 Å². The van der Waals surface area contributed by atoms with Gasteiger partial charge in [-0.05, 0) is 37.1 Å². The van der Waals surface area contributed by atoms with Crippen LogP contribution in [0.5, 0.6) is 0 Å². The number of carbonyl (C=O) groups excluding carboxylic acids is 1. The number of nitrogens with one attached hydrogen (secondary N) is 1. The van der Waals surface area contributed by atoms with Crippen LogP contribution in [0.4, 0.5) is 11.5 Å². The molecule has 1 aromatic carbocycles. The molecule has 4 nitrogen and oxygen atoms in total. The summed E-state index contributed by atoms with van der Waals surface area (Å²) in [5.41, 5.74) is 8.70. The predicted molar refractivity (Wildman–Crippen MR) is 72.5 cm³/mol. The summed E-state index contributed by atoms with van der Waals surface area (Å²) in [4.78, 5) is 16.2. The van der Waals surface area contributed by atoms with E-state index < -0.39 is 0 Å². The zero-order chi connectivity index (χ0) is 13.1. The molecule has 0 spiro atoms. The second kappa shape index (κ2) is 4.87. The van der Waals surface area contributed by atoms with Gasteiger partial charge in [0.05, 0.1) is 11.9 Å². The number of nitrogens with two attached hydrogens (primary N) is 1. The Morgan fingerprint density at radius 3 is 2.39 bits per heavy atom. The molecular weight excluding hydrogens is 226 g/mol. The number of rotatable bonds is 2. The predicted octanol–water partition coefficient (Wildman–Crippen LogP) is 2.53. The molecule has 92 valence electrons. The van der Waals surface area contributed by atoms with Gasteiger partial charge in [0.2, 0.25) is 0 Å². The molecule has 1 amide bonds. The highest BCUT2D eigenvalue weighted by Crippen LogP contribution is 2.15. The van der Waals surface area contributed by atoms with Gasteiger partial charge in [-0.25, -0.2) is 4.98 Å². The number of hydrogen-bond donors (Lipinski definition) is 2. The Bertz CT molecular complexity index is 556. The summed E-state index contributed by atoms with van der Waals surface area (Å²) in [6.07, 6.45) is 1.51. The van der Waals surface area contributed by atoms with Crippen molar-refractivity contribution in [2.24, 2.45) is 0 Å². The number of amides is 1. The molecule has 0 aliphatic rings. The highest BCUT2D eigenvalue weighted by molar-refractivity contribution is 6.05. The van der Waals surface area contributed by atoms with Crippen LogP contribution in [-0.2, 0) is 0 Å². The smallest absolute Gasteiger partial charge is 0.257 e. The first-order valence-electron chi connectivity index (χ1n) is 5.67. The van der Waals surface area contributed by atoms with E-state index in [1.165, 1.54) is 6.20 Å². The van der Waals surface area contributed by atoms with Gasteiger partial charge in [-0.2, -0.15) is 0 Å². The summed E-state index contributed by atoms with van der Waals surface area (Å²) in [6, 6.07) is 9.15. The van der Waals surface area contributed by atoms with Crippen LogP contribution < -0.4 is 11.1 Å². The van der Waals surface area contributed by atoms with Crippen molar-refractivity contribution < 1.29 is 4.79 Å². The molecule has 0 aliphatic heterocycles. The Morgan fingerprint density at radius 1 is 1.17 bits per heavy atom. The monoisotopic (exact) mass is 241 g/mol. The van der Waals surface area contributed by atoms with Gasteiger partial charge in [-0.15, -0.1) is 0 Å². The summed E-state index contributed by atoms with van der Waals surface area (Å²) in [7, 11) is 0. The fourth-order valence-electron chi connectivity index (χ4n) is 1.83. The molecule has 0 radical (unpaired) electrons. The van der Waals surface area contributed by atoms with Gasteiger partial charge in [0.1, 0.15) is 5.82 Å². The first-order valence-corrected chi connectivity index (χ1v) is 5.67. The lowest BCUT2D eigenvalue weighted by molar-refractivity contribution is 0.102. The van der Waals surface area contributed by atoms with E-state index in [0.29, 0.717) is 17.1 Å². The van der Waals surface area contributed by atoms with Crippen LogP contribution in [-0.4, -0.2) is 10.9 Å². The number of aromatic nitrogens is 1. The number of pyridine rings is 1. The number of anilines is 2. The van der Waals surface area contributed by atoms with Crippen molar-refractivity contribution in [2.75, 3.05) is 11.1 Å². The quantitative estimate of drug-likeness (QED) is 0.849. The van der Waals surface area contributed by atoms with E-state index in [9.17, 15) is 4.79 Å². The zero-order valence-electron chi connectivity index (χ0n) is 10.4. The fourth-order valence-corrected chi connectivity index (χ4v) is 1.83. The molecule has 3 N–H and O–H groups in total. The number of hydrogen-bond acceptors (Lipinski definition) is 3. The molecule has 1 aromatic heterocycles. The molecule has 0 fully saturated rings. The van der Waals surface area contributed by atoms with Crippen LogP contribution in [0.3, 0.4) is 0 Å². The molecule has 0 unspecified atom stereocenters. The average Bonchev–Trinajstić information content (AvgIpc) is 2.32. The van der Waals surface area contributed by atoms with Gasteiger partial charge in [-0.3, -0.25) is 4.79 Å². The minimum Gasteiger partial charge on any atom is -0.397 e. The summed E-state index contributed by atoms with van der Waals surface area (Å²) in [6.45, 7) is 3.83. The van der Waals surface area contributed by atoms with Crippen LogP contribution in [0.25, 0.3) is 0 Å². The highest BCUT2D eigenvalue weighted by Gasteiger charge is 2.12. The summed E-state index contributed by atoms with van der Waals surface area (Å²) < 4.78 is 0. The van der Waals surface area contributed by atoms with E-state index in [4.69, 9.17) is 5.73 Å². The van der Waals surface area contributed by atoms with Crippen LogP contribution in [0, 0.1) is 13.8 Å². The van der Waals surface area contributed by atoms with Gasteiger partial charge in [-0.1, -0.05) is 18.2 Å². The number of benzene rings is 1. The summed E-state index contributed by atoms with van der Waals surface area (Å²) in [5, 5.41) is 2.76. The molecule has 2 rings (SSSR count). The maximum atomic E-state index is 12.2. The second-order valence-corrected chi connectivity index (χ2v) is 4.20. The third-order valence-electron chi connectivity index (χ3n) is 2.74. The van der Waals surface area contributed by atoms with Crippen molar-refractivity contribution in [3.63, 3.8) is 0 Å². The highest BCUT2D eigenvalue weighted by atomic mass is 16.1. The van der Waals surface area contributed by atoms with Crippen LogP contribution in [0.1, 0.15) is 21.5 Å². The van der Waals surface area contributed by atoms with Gasteiger partial charge in [0, 0.05) is 5.56 Å². The van der Waals surface area contributed by atoms with E-state index in [2.05, 4.69) is 10.3 Å². The van der Waals surface area contributed by atoms with E-state index in [-0.39, 0.29) is 5.91 Å². The molecule has 0 aliphatic carbocycles. The van der Waals surface area contributed by atoms with E-state index in [1.54, 1.807) is 12.1 Å². The van der Waals surface area contributed by atoms with Crippen molar-refractivity contribution in [3.05, 3.63) is 53.2 Å². The normalized spacial score (nSPS) is 10.1. The Hall–Kier alpha value is -2.36. The number of nitrogen functional groups attached to an aromatic ring is 1. The average molecular weight is 241 g/mol. The fraction of sp³-hybridized carbons (Fsp3) is 0.143. The summed E-state index contributed by atoms with van der Waals surface area (Å²) >= 11 is 0. The Morgan fingerprint density at radius 2 is 1.83 bits per heavy atom. The lowest BCUT2D eigenvalue weighted by Crippen LogP contribution is -2.15. The van der Waals surface area contributed by atoms with Crippen molar-refractivity contribution >= 4 is 17.4 Å². The lowest BCUT2D eigenvalue weighted by atomic mass is 10.0. The van der Waals surface area contributed by atoms with Crippen LogP contribution in [0.2, 0.25) is 0 Å². The minimum atomic E-state index is -0.150. The van der Waals surface area contributed by atoms with E-state index in [1.807, 2.05) is 32.0 Å². The van der Waals surface area contributed by atoms with Crippen molar-refractivity contribution in [1.82, 2.24) is 4.98 Å². The second-order valence-electron chi connectivity index (χ2n) is 4.20. The Kier molecular flexibility index (Phi) is 3.28. The number of nitrogens with zero attached hydrogens (tertiary/aromatic N) is 1. The van der Waals surface area contributed by atoms with Crippen LogP contribution in [0.15, 0.2) is 36.5 Å². The van der Waals surface area contributed by atoms with Crippen LogP contribution >= 0.6 is 0 Å². The molecule has 4 heteroatoms. The van der Waals surface area contributed by atoms with E-state index in [0.717, 1.165) is 11.1 Å². The number of aryl methyl sites for hydroxylation is 2. The first kappa shape index (κ1) is 12.1. The van der Waals surface area contributed by atoms with Gasteiger partial charge in [0.15, 0.2) is 0 Å². The Labute approximate surface area is 106 Å². The standard InChI is InChI=1S/C14H15N3O/c1-9-4-3-5-10(2)13(9)14(18)17-12-7-6-11(15)8-16-12/h3-8H,15H2,1-2H3,(H,16,17,18). The topological polar surface area (TPSA) is 68.0 Å². The van der Waals surface area contributed by atoms with Gasteiger partial charge < -0.3 is 11.1 Å². The largest absolute Gasteiger partial charge is 0.397 e. The van der Waals surface area contributed by atoms with Crippen molar-refractivity contribution in [1.29, 1.82) is 0 Å². The van der Waals surface area contributed by atoms with Gasteiger partial charge >= 0.3 is 0 Å². The van der Waals surface area contributed by atoms with Gasteiger partial charge in [0.25, 0.3) is 5.91 Å². The molecule has 0 atom stereocenters. The Balaban J connectivity index is 2.25. The SMILES string of the molecule is Cc1cccc(C)c1C(=O)Nc1ccc(N)cn1. The first-order chi connectivity index (χ1) is 8.58. The third kappa shape index (κ3) is 2.48. The van der Waals surface area contributed by atoms with Crippen molar-refractivity contribution in [2.45, 2.75) is 13.8 Å². The molecule has 0 bridgehead atoms. The molecule has 2 aromatic rings. The molecule has 0 saturated heterocycles. The molecule has 18 heavy (non-hydrogen) atoms. The third-order valence-corrected chi connectivity index (χ3v) is 2.74. The maximum absolute atomic E-state index is 12.2. The lowest BCUT2D eigenvalue weighted by Gasteiger charge is -2.09. The molecular formula is C14H15N3O. The molecule has 1 heterocycles. The van der Waals surface area contributed by atoms with E-state index >= 15 is 0 Å².